The second-order valence-corrected chi connectivity index (χ2v) is 11.2. The molecular formula is C23H46N6O13. The minimum absolute atomic E-state index is 0.0889. The molecule has 0 radical (unpaired) electrons. The molecule has 4 rings (SSSR count). The first kappa shape index (κ1) is 34.1. The van der Waals surface area contributed by atoms with E-state index < -0.39 is 123 Å². The second-order valence-electron chi connectivity index (χ2n) is 11.2. The monoisotopic (exact) mass is 614 g/mol. The summed E-state index contributed by atoms with van der Waals surface area (Å²) < 4.78 is 34.6. The van der Waals surface area contributed by atoms with Crippen molar-refractivity contribution >= 4 is 0 Å². The van der Waals surface area contributed by atoms with Gasteiger partial charge in [0.25, 0.3) is 0 Å². The lowest BCUT2D eigenvalue weighted by Gasteiger charge is -2.47. The standard InChI is InChI=1S/C23H46N6O13/c24-2-7-13(32)15(34)10(28)21(37-7)40-18-6(27)1-5(26)12(31)20(18)42-23-17(36)19(9(4-30)39-23)41-22-11(29)16(35)14(33)8(3-25)38-22/h5-23,30-36H,1-4,24-29H2/t5-,6-,7+,8+,9-,10+,11+,12-,13-,14-,15-,16-,17-,18-,19-,20-,21-,22-,23+/m1/s1. The molecule has 1 saturated carbocycles. The zero-order chi connectivity index (χ0) is 31.0. The molecule has 3 aliphatic heterocycles. The van der Waals surface area contributed by atoms with E-state index in [0.717, 1.165) is 0 Å². The summed E-state index contributed by atoms with van der Waals surface area (Å²) in [5.74, 6) is 0. The van der Waals surface area contributed by atoms with Crippen LogP contribution in [0.4, 0.5) is 0 Å². The Morgan fingerprint density at radius 3 is 1.45 bits per heavy atom. The van der Waals surface area contributed by atoms with Gasteiger partial charge in [-0.1, -0.05) is 0 Å². The van der Waals surface area contributed by atoms with Crippen LogP contribution in [0.25, 0.3) is 0 Å². The molecule has 3 saturated heterocycles. The van der Waals surface area contributed by atoms with Gasteiger partial charge >= 0.3 is 0 Å². The highest BCUT2D eigenvalue weighted by atomic mass is 16.8. The summed E-state index contributed by atoms with van der Waals surface area (Å²) in [6.45, 7) is -0.967. The summed E-state index contributed by atoms with van der Waals surface area (Å²) in [6, 6.07) is -4.18. The minimum Gasteiger partial charge on any atom is -0.394 e. The van der Waals surface area contributed by atoms with Crippen molar-refractivity contribution in [1.29, 1.82) is 0 Å². The van der Waals surface area contributed by atoms with Crippen LogP contribution in [0, 0.1) is 0 Å². The van der Waals surface area contributed by atoms with E-state index in [-0.39, 0.29) is 19.5 Å². The number of hydrogen-bond acceptors (Lipinski definition) is 19. The van der Waals surface area contributed by atoms with Gasteiger partial charge in [0.1, 0.15) is 67.1 Å². The Bertz CT molecular complexity index is 868. The van der Waals surface area contributed by atoms with Crippen molar-refractivity contribution in [3.8, 4) is 0 Å². The van der Waals surface area contributed by atoms with Gasteiger partial charge in [-0.05, 0) is 6.42 Å². The first-order valence-electron chi connectivity index (χ1n) is 13.9. The van der Waals surface area contributed by atoms with Gasteiger partial charge in [0, 0.05) is 25.2 Å². The molecule has 1 aliphatic carbocycles. The Morgan fingerprint density at radius 2 is 0.976 bits per heavy atom. The number of hydrogen-bond donors (Lipinski definition) is 13. The van der Waals surface area contributed by atoms with Crippen LogP contribution in [0.1, 0.15) is 6.42 Å². The van der Waals surface area contributed by atoms with Crippen LogP contribution in [0.5, 0.6) is 0 Å². The molecule has 3 heterocycles. The Hall–Kier alpha value is -0.760. The van der Waals surface area contributed by atoms with E-state index in [1.807, 2.05) is 0 Å². The lowest BCUT2D eigenvalue weighted by atomic mass is 9.84. The average molecular weight is 615 g/mol. The minimum atomic E-state index is -1.60. The van der Waals surface area contributed by atoms with E-state index in [2.05, 4.69) is 0 Å². The predicted molar refractivity (Wildman–Crippen MR) is 138 cm³/mol. The molecule has 0 aromatic carbocycles. The van der Waals surface area contributed by atoms with E-state index in [0.29, 0.717) is 0 Å². The fourth-order valence-corrected chi connectivity index (χ4v) is 5.74. The number of aliphatic hydroxyl groups excluding tert-OH is 7. The third kappa shape index (κ3) is 6.60. The van der Waals surface area contributed by atoms with Crippen LogP contribution >= 0.6 is 0 Å². The van der Waals surface area contributed by atoms with E-state index in [9.17, 15) is 35.7 Å². The Morgan fingerprint density at radius 1 is 0.524 bits per heavy atom. The van der Waals surface area contributed by atoms with Crippen molar-refractivity contribution in [2.45, 2.75) is 123 Å². The zero-order valence-electron chi connectivity index (χ0n) is 22.8. The van der Waals surface area contributed by atoms with Gasteiger partial charge in [-0.3, -0.25) is 0 Å². The summed E-state index contributed by atoms with van der Waals surface area (Å²) in [4.78, 5) is 0. The van der Waals surface area contributed by atoms with Crippen molar-refractivity contribution in [3.63, 3.8) is 0 Å². The molecular weight excluding hydrogens is 568 g/mol. The number of ether oxygens (including phenoxy) is 6. The van der Waals surface area contributed by atoms with Gasteiger partial charge in [0.05, 0.1) is 24.8 Å². The molecule has 246 valence electrons. The van der Waals surface area contributed by atoms with Crippen molar-refractivity contribution < 1.29 is 64.2 Å². The smallest absolute Gasteiger partial charge is 0.187 e. The quantitative estimate of drug-likeness (QED) is 0.115. The maximum absolute atomic E-state index is 11.1. The molecule has 19 nitrogen and oxygen atoms in total. The largest absolute Gasteiger partial charge is 0.394 e. The van der Waals surface area contributed by atoms with Crippen LogP contribution < -0.4 is 34.4 Å². The molecule has 0 bridgehead atoms. The Balaban J connectivity index is 1.50. The molecule has 0 aromatic heterocycles. The molecule has 4 aliphatic rings. The molecule has 0 amide bonds. The third-order valence-corrected chi connectivity index (χ3v) is 8.37. The molecule has 0 aromatic rings. The lowest BCUT2D eigenvalue weighted by Crippen LogP contribution is -2.68. The Labute approximate surface area is 241 Å². The average Bonchev–Trinajstić information content (AvgIpc) is 3.27. The predicted octanol–water partition coefficient (Wildman–Crippen LogP) is -8.90. The third-order valence-electron chi connectivity index (χ3n) is 8.37. The van der Waals surface area contributed by atoms with Gasteiger partial charge < -0.3 is 98.6 Å². The SMILES string of the molecule is NC[C@@H]1O[C@H](O[C@H]2[C@H](O[C@@H]3O[C@H](CO)[C@@H](O[C@H]4O[C@@H](CN)[C@@H](O)[C@H](O)[C@@H]4N)[C@H]3O)[C@H](O)[C@H](N)C[C@H]2N)[C@@H](N)[C@@H](O)[C@@H]1O. The van der Waals surface area contributed by atoms with E-state index in [1.165, 1.54) is 0 Å². The summed E-state index contributed by atoms with van der Waals surface area (Å²) in [5, 5.41) is 73.0. The number of aliphatic hydroxyl groups is 7. The molecule has 19 atom stereocenters. The van der Waals surface area contributed by atoms with Crippen LogP contribution in [0.15, 0.2) is 0 Å². The summed E-state index contributed by atoms with van der Waals surface area (Å²) in [6.07, 6.45) is -19.8. The van der Waals surface area contributed by atoms with Gasteiger partial charge in [0.15, 0.2) is 18.9 Å². The molecule has 4 fully saturated rings. The highest BCUT2D eigenvalue weighted by Crippen LogP contribution is 2.34. The topological polar surface area (TPSA) is 353 Å². The van der Waals surface area contributed by atoms with Gasteiger partial charge in [-0.25, -0.2) is 0 Å². The van der Waals surface area contributed by atoms with Crippen molar-refractivity contribution in [3.05, 3.63) is 0 Å². The fourth-order valence-electron chi connectivity index (χ4n) is 5.74. The molecule has 0 spiro atoms. The van der Waals surface area contributed by atoms with Crippen molar-refractivity contribution in [2.75, 3.05) is 19.7 Å². The fraction of sp³-hybridized carbons (Fsp3) is 1.00. The van der Waals surface area contributed by atoms with E-state index in [1.54, 1.807) is 0 Å². The lowest BCUT2D eigenvalue weighted by molar-refractivity contribution is -0.306. The normalized spacial score (nSPS) is 53.8. The molecule has 19 heteroatoms. The summed E-state index contributed by atoms with van der Waals surface area (Å²) in [5.41, 5.74) is 35.6. The number of rotatable bonds is 9. The van der Waals surface area contributed by atoms with Crippen LogP contribution in [-0.4, -0.2) is 172 Å². The zero-order valence-corrected chi connectivity index (χ0v) is 22.8. The van der Waals surface area contributed by atoms with E-state index >= 15 is 0 Å². The highest BCUT2D eigenvalue weighted by molar-refractivity contribution is 5.02. The maximum atomic E-state index is 11.1. The van der Waals surface area contributed by atoms with E-state index in [4.69, 9.17) is 62.8 Å². The van der Waals surface area contributed by atoms with Gasteiger partial charge in [0.2, 0.25) is 0 Å². The molecule has 42 heavy (non-hydrogen) atoms. The first-order chi connectivity index (χ1) is 19.8. The van der Waals surface area contributed by atoms with Gasteiger partial charge in [-0.15, -0.1) is 0 Å². The summed E-state index contributed by atoms with van der Waals surface area (Å²) >= 11 is 0. The highest BCUT2D eigenvalue weighted by Gasteiger charge is 2.54. The Kier molecular flexibility index (Phi) is 11.5. The molecule has 19 N–H and O–H groups in total. The van der Waals surface area contributed by atoms with Crippen LogP contribution in [0.2, 0.25) is 0 Å². The van der Waals surface area contributed by atoms with Crippen molar-refractivity contribution in [2.24, 2.45) is 34.4 Å². The van der Waals surface area contributed by atoms with Gasteiger partial charge in [-0.2, -0.15) is 0 Å². The molecule has 0 unspecified atom stereocenters. The maximum Gasteiger partial charge on any atom is 0.187 e. The van der Waals surface area contributed by atoms with Crippen LogP contribution in [-0.2, 0) is 28.4 Å². The first-order valence-corrected chi connectivity index (χ1v) is 13.9. The second kappa shape index (κ2) is 14.1. The van der Waals surface area contributed by atoms with Crippen LogP contribution in [0.3, 0.4) is 0 Å². The number of nitrogens with two attached hydrogens (primary N) is 6. The van der Waals surface area contributed by atoms with Crippen molar-refractivity contribution in [1.82, 2.24) is 0 Å². The summed E-state index contributed by atoms with van der Waals surface area (Å²) in [7, 11) is 0.